The Kier molecular flexibility index (Phi) is 2.72. The number of hydrogen-bond acceptors (Lipinski definition) is 5. The van der Waals surface area contributed by atoms with Crippen LogP contribution in [0.4, 0.5) is 11.4 Å². The molecule has 0 radical (unpaired) electrons. The van der Waals surface area contributed by atoms with Crippen LogP contribution in [0.3, 0.4) is 0 Å². The lowest BCUT2D eigenvalue weighted by Crippen LogP contribution is -2.19. The van der Waals surface area contributed by atoms with Gasteiger partial charge in [0.15, 0.2) is 0 Å². The van der Waals surface area contributed by atoms with Gasteiger partial charge in [0.2, 0.25) is 0 Å². The predicted molar refractivity (Wildman–Crippen MR) is 56.1 cm³/mol. The maximum absolute atomic E-state index is 10.9. The number of nitrogens with one attached hydrogen (secondary N) is 1. The zero-order valence-corrected chi connectivity index (χ0v) is 8.38. The molecule has 6 nitrogen and oxygen atoms in total. The fourth-order valence-corrected chi connectivity index (χ4v) is 1.58. The van der Waals surface area contributed by atoms with E-state index in [0.29, 0.717) is 5.69 Å². The van der Waals surface area contributed by atoms with Crippen LogP contribution in [0.1, 0.15) is 6.42 Å². The average molecular weight is 222 g/mol. The number of esters is 1. The monoisotopic (exact) mass is 222 g/mol. The molecule has 84 valence electrons. The van der Waals surface area contributed by atoms with Gasteiger partial charge in [0.1, 0.15) is 12.3 Å². The first-order valence-corrected chi connectivity index (χ1v) is 4.82. The largest absolute Gasteiger partial charge is 0.463 e. The molecule has 0 aromatic heterocycles. The van der Waals surface area contributed by atoms with E-state index in [0.717, 1.165) is 0 Å². The third-order valence-corrected chi connectivity index (χ3v) is 2.32. The number of rotatable bonds is 3. The van der Waals surface area contributed by atoms with Gasteiger partial charge in [-0.05, 0) is 6.07 Å². The number of cyclic esters (lactones) is 1. The second-order valence-electron chi connectivity index (χ2n) is 3.50. The summed E-state index contributed by atoms with van der Waals surface area (Å²) in [4.78, 5) is 21.1. The van der Waals surface area contributed by atoms with Crippen LogP contribution in [0.25, 0.3) is 0 Å². The molecule has 1 aromatic carbocycles. The van der Waals surface area contributed by atoms with Crippen molar-refractivity contribution >= 4 is 17.3 Å². The Morgan fingerprint density at radius 2 is 2.19 bits per heavy atom. The molecule has 1 aliphatic rings. The Balaban J connectivity index is 2.14. The Morgan fingerprint density at radius 3 is 2.81 bits per heavy atom. The third kappa shape index (κ3) is 2.10. The Bertz CT molecular complexity index is 433. The molecule has 0 amide bonds. The van der Waals surface area contributed by atoms with Crippen LogP contribution in [0.2, 0.25) is 0 Å². The van der Waals surface area contributed by atoms with E-state index in [1.165, 1.54) is 6.07 Å². The van der Waals surface area contributed by atoms with E-state index in [4.69, 9.17) is 4.74 Å². The Labute approximate surface area is 91.4 Å². The molecule has 0 spiro atoms. The number of para-hydroxylation sites is 2. The van der Waals surface area contributed by atoms with Crippen LogP contribution < -0.4 is 5.32 Å². The van der Waals surface area contributed by atoms with Gasteiger partial charge >= 0.3 is 5.97 Å². The molecule has 1 saturated heterocycles. The van der Waals surface area contributed by atoms with Crippen molar-refractivity contribution in [3.8, 4) is 0 Å². The first kappa shape index (κ1) is 10.4. The smallest absolute Gasteiger partial charge is 0.308 e. The van der Waals surface area contributed by atoms with Crippen molar-refractivity contribution in [1.82, 2.24) is 0 Å². The number of nitro benzene ring substituents is 1. The first-order chi connectivity index (χ1) is 7.66. The van der Waals surface area contributed by atoms with Crippen molar-refractivity contribution in [2.45, 2.75) is 12.5 Å². The number of ether oxygens (including phenoxy) is 1. The maximum atomic E-state index is 10.9. The maximum Gasteiger partial charge on any atom is 0.308 e. The fourth-order valence-electron chi connectivity index (χ4n) is 1.58. The molecule has 2 rings (SSSR count). The first-order valence-electron chi connectivity index (χ1n) is 4.82. The van der Waals surface area contributed by atoms with Crippen molar-refractivity contribution in [2.24, 2.45) is 0 Å². The van der Waals surface area contributed by atoms with Crippen LogP contribution in [0.15, 0.2) is 24.3 Å². The van der Waals surface area contributed by atoms with Crippen LogP contribution in [-0.2, 0) is 9.53 Å². The van der Waals surface area contributed by atoms with Crippen molar-refractivity contribution in [3.63, 3.8) is 0 Å². The van der Waals surface area contributed by atoms with Gasteiger partial charge < -0.3 is 10.1 Å². The van der Waals surface area contributed by atoms with Crippen LogP contribution in [-0.4, -0.2) is 23.5 Å². The fraction of sp³-hybridized carbons (Fsp3) is 0.300. The molecule has 1 N–H and O–H groups in total. The van der Waals surface area contributed by atoms with Crippen molar-refractivity contribution in [2.75, 3.05) is 11.9 Å². The molecule has 16 heavy (non-hydrogen) atoms. The summed E-state index contributed by atoms with van der Waals surface area (Å²) in [6.07, 6.45) is 0.242. The molecule has 0 aliphatic carbocycles. The van der Waals surface area contributed by atoms with Gasteiger partial charge in [-0.15, -0.1) is 0 Å². The number of hydrogen-bond donors (Lipinski definition) is 1. The minimum absolute atomic E-state index is 0.00171. The Hall–Kier alpha value is -2.11. The second kappa shape index (κ2) is 4.18. The predicted octanol–water partition coefficient (Wildman–Crippen LogP) is 1.32. The van der Waals surface area contributed by atoms with Gasteiger partial charge in [-0.25, -0.2) is 0 Å². The van der Waals surface area contributed by atoms with Crippen LogP contribution >= 0.6 is 0 Å². The van der Waals surface area contributed by atoms with Crippen molar-refractivity contribution in [1.29, 1.82) is 0 Å². The minimum atomic E-state index is -0.458. The van der Waals surface area contributed by atoms with Gasteiger partial charge in [-0.2, -0.15) is 0 Å². The lowest BCUT2D eigenvalue weighted by atomic mass is 10.2. The summed E-state index contributed by atoms with van der Waals surface area (Å²) in [6, 6.07) is 6.14. The summed E-state index contributed by atoms with van der Waals surface area (Å²) >= 11 is 0. The topological polar surface area (TPSA) is 81.5 Å². The molecule has 0 bridgehead atoms. The standard InChI is InChI=1S/C10H10N2O4/c13-10-5-7(6-16-10)11-8-3-1-2-4-9(8)12(14)15/h1-4,7,11H,5-6H2. The number of carbonyl (C=O) groups is 1. The van der Waals surface area contributed by atoms with Crippen molar-refractivity contribution < 1.29 is 14.5 Å². The summed E-state index contributed by atoms with van der Waals surface area (Å²) in [5.41, 5.74) is 0.414. The van der Waals surface area contributed by atoms with E-state index in [1.54, 1.807) is 18.2 Å². The number of anilines is 1. The van der Waals surface area contributed by atoms with E-state index in [1.807, 2.05) is 0 Å². The van der Waals surface area contributed by atoms with E-state index < -0.39 is 4.92 Å². The molecule has 1 heterocycles. The highest BCUT2D eigenvalue weighted by Gasteiger charge is 2.25. The highest BCUT2D eigenvalue weighted by molar-refractivity contribution is 5.73. The van der Waals surface area contributed by atoms with E-state index in [9.17, 15) is 14.9 Å². The molecular formula is C10H10N2O4. The van der Waals surface area contributed by atoms with Gasteiger partial charge in [0.05, 0.1) is 17.4 Å². The SMILES string of the molecule is O=C1CC(Nc2ccccc2[N+](=O)[O-])CO1. The van der Waals surface area contributed by atoms with Gasteiger partial charge in [0, 0.05) is 6.07 Å². The number of carbonyl (C=O) groups excluding carboxylic acids is 1. The molecule has 1 atom stereocenters. The summed E-state index contributed by atoms with van der Waals surface area (Å²) < 4.78 is 4.77. The second-order valence-corrected chi connectivity index (χ2v) is 3.50. The minimum Gasteiger partial charge on any atom is -0.463 e. The zero-order chi connectivity index (χ0) is 11.5. The average Bonchev–Trinajstić information content (AvgIpc) is 2.64. The van der Waals surface area contributed by atoms with Crippen LogP contribution in [0, 0.1) is 10.1 Å². The highest BCUT2D eigenvalue weighted by atomic mass is 16.6. The lowest BCUT2D eigenvalue weighted by Gasteiger charge is -2.10. The van der Waals surface area contributed by atoms with Gasteiger partial charge in [-0.1, -0.05) is 12.1 Å². The molecule has 1 aromatic rings. The molecule has 6 heteroatoms. The van der Waals surface area contributed by atoms with Gasteiger partial charge in [0.25, 0.3) is 5.69 Å². The van der Waals surface area contributed by atoms with E-state index in [2.05, 4.69) is 5.32 Å². The molecule has 0 saturated carbocycles. The van der Waals surface area contributed by atoms with E-state index >= 15 is 0 Å². The lowest BCUT2D eigenvalue weighted by molar-refractivity contribution is -0.384. The van der Waals surface area contributed by atoms with Crippen LogP contribution in [0.5, 0.6) is 0 Å². The van der Waals surface area contributed by atoms with E-state index in [-0.39, 0.29) is 30.7 Å². The summed E-state index contributed by atoms with van der Waals surface area (Å²) in [6.45, 7) is 0.255. The summed E-state index contributed by atoms with van der Waals surface area (Å²) in [5, 5.41) is 13.7. The molecule has 1 fully saturated rings. The number of nitro groups is 1. The summed E-state index contributed by atoms with van der Waals surface area (Å²) in [5.74, 6) is -0.281. The normalized spacial score (nSPS) is 19.2. The molecular weight excluding hydrogens is 212 g/mol. The highest BCUT2D eigenvalue weighted by Crippen LogP contribution is 2.25. The quantitative estimate of drug-likeness (QED) is 0.474. The zero-order valence-electron chi connectivity index (χ0n) is 8.38. The molecule has 1 aliphatic heterocycles. The Morgan fingerprint density at radius 1 is 1.44 bits per heavy atom. The number of nitrogens with zero attached hydrogens (tertiary/aromatic N) is 1. The number of benzene rings is 1. The summed E-state index contributed by atoms with van der Waals surface area (Å²) in [7, 11) is 0. The third-order valence-electron chi connectivity index (χ3n) is 2.32. The molecule has 1 unspecified atom stereocenters. The van der Waals surface area contributed by atoms with Crippen molar-refractivity contribution in [3.05, 3.63) is 34.4 Å². The van der Waals surface area contributed by atoms with Gasteiger partial charge in [-0.3, -0.25) is 14.9 Å².